The molecule has 278 valence electrons. The van der Waals surface area contributed by atoms with Crippen molar-refractivity contribution in [3.8, 4) is 0 Å². The molecule has 0 N–H and O–H groups in total. The lowest BCUT2D eigenvalue weighted by Crippen LogP contribution is -2.30. The zero-order chi connectivity index (χ0) is 34.5. The molecule has 0 saturated carbocycles. The molecular formula is C41H78O6. The monoisotopic (exact) mass is 667 g/mol. The molecule has 0 aromatic heterocycles. The second kappa shape index (κ2) is 37.2. The minimum absolute atomic E-state index is 0.0651. The summed E-state index contributed by atoms with van der Waals surface area (Å²) in [4.78, 5) is 37.1. The van der Waals surface area contributed by atoms with Crippen LogP contribution in [0.4, 0.5) is 0 Å². The van der Waals surface area contributed by atoms with Crippen LogP contribution in [0.5, 0.6) is 0 Å². The van der Waals surface area contributed by atoms with Crippen LogP contribution in [-0.2, 0) is 28.6 Å². The summed E-state index contributed by atoms with van der Waals surface area (Å²) in [5.41, 5.74) is 0. The molecule has 0 amide bonds. The minimum Gasteiger partial charge on any atom is -0.462 e. The quantitative estimate of drug-likeness (QED) is 0.0373. The molecule has 0 fully saturated rings. The highest BCUT2D eigenvalue weighted by Gasteiger charge is 2.19. The van der Waals surface area contributed by atoms with Gasteiger partial charge in [0.25, 0.3) is 0 Å². The average Bonchev–Trinajstić information content (AvgIpc) is 3.06. The number of carbonyl (C=O) groups is 3. The smallest absolute Gasteiger partial charge is 0.306 e. The van der Waals surface area contributed by atoms with E-state index in [4.69, 9.17) is 14.2 Å². The summed E-state index contributed by atoms with van der Waals surface area (Å²) in [6, 6.07) is 0. The molecule has 0 radical (unpaired) electrons. The topological polar surface area (TPSA) is 78.9 Å². The molecule has 47 heavy (non-hydrogen) atoms. The molecule has 0 bridgehead atoms. The summed E-state index contributed by atoms with van der Waals surface area (Å²) >= 11 is 0. The summed E-state index contributed by atoms with van der Waals surface area (Å²) in [6.45, 7) is 6.51. The van der Waals surface area contributed by atoms with Crippen LogP contribution in [0, 0.1) is 0 Å². The van der Waals surface area contributed by atoms with E-state index < -0.39 is 6.10 Å². The van der Waals surface area contributed by atoms with Gasteiger partial charge in [0.1, 0.15) is 13.2 Å². The molecule has 6 nitrogen and oxygen atoms in total. The van der Waals surface area contributed by atoms with Crippen molar-refractivity contribution in [2.75, 3.05) is 13.2 Å². The van der Waals surface area contributed by atoms with Gasteiger partial charge < -0.3 is 14.2 Å². The highest BCUT2D eigenvalue weighted by molar-refractivity contribution is 5.71. The number of esters is 3. The van der Waals surface area contributed by atoms with Gasteiger partial charge in [0.2, 0.25) is 0 Å². The van der Waals surface area contributed by atoms with Gasteiger partial charge in [0.05, 0.1) is 0 Å². The predicted octanol–water partition coefficient (Wildman–Crippen LogP) is 12.5. The average molecular weight is 667 g/mol. The zero-order valence-electron chi connectivity index (χ0n) is 31.6. The van der Waals surface area contributed by atoms with Gasteiger partial charge in [0, 0.05) is 19.3 Å². The standard InChI is InChI=1S/C41H78O6/c1-4-7-10-13-15-16-17-18-19-20-21-22-23-24-26-28-31-34-40(43)46-37-38(36-45-39(42)33-30-27-12-9-6-3)47-41(44)35-32-29-25-14-11-8-5-2/h38H,4-37H2,1-3H3. The van der Waals surface area contributed by atoms with Crippen molar-refractivity contribution < 1.29 is 28.6 Å². The molecule has 0 aromatic carbocycles. The lowest BCUT2D eigenvalue weighted by atomic mass is 10.0. The van der Waals surface area contributed by atoms with Gasteiger partial charge in [0.15, 0.2) is 6.10 Å². The van der Waals surface area contributed by atoms with Crippen molar-refractivity contribution in [3.05, 3.63) is 0 Å². The maximum atomic E-state index is 12.5. The Balaban J connectivity index is 4.09. The Morgan fingerprint density at radius 1 is 0.340 bits per heavy atom. The molecule has 0 aliphatic rings. The Bertz CT molecular complexity index is 693. The second-order valence-electron chi connectivity index (χ2n) is 13.9. The van der Waals surface area contributed by atoms with Gasteiger partial charge in [-0.15, -0.1) is 0 Å². The van der Waals surface area contributed by atoms with Crippen LogP contribution in [0.25, 0.3) is 0 Å². The third-order valence-corrected chi connectivity index (χ3v) is 9.11. The fraction of sp³-hybridized carbons (Fsp3) is 0.927. The van der Waals surface area contributed by atoms with Crippen molar-refractivity contribution in [1.82, 2.24) is 0 Å². The Morgan fingerprint density at radius 2 is 0.574 bits per heavy atom. The maximum absolute atomic E-state index is 12.5. The third kappa shape index (κ3) is 35.5. The van der Waals surface area contributed by atoms with E-state index in [1.807, 2.05) is 0 Å². The fourth-order valence-corrected chi connectivity index (χ4v) is 5.97. The van der Waals surface area contributed by atoms with Gasteiger partial charge in [-0.25, -0.2) is 0 Å². The minimum atomic E-state index is -0.754. The van der Waals surface area contributed by atoms with Crippen molar-refractivity contribution in [2.45, 2.75) is 232 Å². The molecule has 0 rings (SSSR count). The van der Waals surface area contributed by atoms with E-state index in [0.717, 1.165) is 64.2 Å². The number of rotatable bonds is 37. The van der Waals surface area contributed by atoms with E-state index in [0.29, 0.717) is 19.3 Å². The van der Waals surface area contributed by atoms with E-state index >= 15 is 0 Å². The van der Waals surface area contributed by atoms with Crippen LogP contribution in [0.3, 0.4) is 0 Å². The van der Waals surface area contributed by atoms with Crippen molar-refractivity contribution in [2.24, 2.45) is 0 Å². The second-order valence-corrected chi connectivity index (χ2v) is 13.9. The van der Waals surface area contributed by atoms with Gasteiger partial charge in [-0.1, -0.05) is 188 Å². The van der Waals surface area contributed by atoms with E-state index in [9.17, 15) is 14.4 Å². The highest BCUT2D eigenvalue weighted by atomic mass is 16.6. The summed E-state index contributed by atoms with van der Waals surface area (Å²) in [7, 11) is 0. The van der Waals surface area contributed by atoms with Gasteiger partial charge in [-0.2, -0.15) is 0 Å². The molecular weight excluding hydrogens is 588 g/mol. The SMILES string of the molecule is CCCCCCCCCCCCCCCCCCCC(=O)OCC(COC(=O)CCCCCCC)OC(=O)CCCCCCCCC. The summed E-state index contributed by atoms with van der Waals surface area (Å²) < 4.78 is 16.5. The predicted molar refractivity (Wildman–Crippen MR) is 197 cm³/mol. The summed E-state index contributed by atoms with van der Waals surface area (Å²) in [5.74, 6) is -0.880. The van der Waals surface area contributed by atoms with Crippen molar-refractivity contribution in [1.29, 1.82) is 0 Å². The van der Waals surface area contributed by atoms with Gasteiger partial charge in [-0.3, -0.25) is 14.4 Å². The van der Waals surface area contributed by atoms with E-state index in [-0.39, 0.29) is 31.1 Å². The molecule has 0 aliphatic carbocycles. The van der Waals surface area contributed by atoms with E-state index in [1.54, 1.807) is 0 Å². The van der Waals surface area contributed by atoms with Gasteiger partial charge in [-0.05, 0) is 19.3 Å². The van der Waals surface area contributed by atoms with Crippen LogP contribution in [0.1, 0.15) is 226 Å². The first-order valence-electron chi connectivity index (χ1n) is 20.5. The van der Waals surface area contributed by atoms with Crippen LogP contribution >= 0.6 is 0 Å². The van der Waals surface area contributed by atoms with Gasteiger partial charge >= 0.3 is 17.9 Å². The molecule has 1 atom stereocenters. The number of ether oxygens (including phenoxy) is 3. The molecule has 1 unspecified atom stereocenters. The Labute approximate surface area is 291 Å². The third-order valence-electron chi connectivity index (χ3n) is 9.11. The molecule has 0 aromatic rings. The highest BCUT2D eigenvalue weighted by Crippen LogP contribution is 2.15. The first-order valence-corrected chi connectivity index (χ1v) is 20.5. The lowest BCUT2D eigenvalue weighted by molar-refractivity contribution is -0.167. The Hall–Kier alpha value is -1.59. The van der Waals surface area contributed by atoms with Crippen molar-refractivity contribution >= 4 is 17.9 Å². The number of hydrogen-bond acceptors (Lipinski definition) is 6. The van der Waals surface area contributed by atoms with E-state index in [2.05, 4.69) is 20.8 Å². The largest absolute Gasteiger partial charge is 0.462 e. The van der Waals surface area contributed by atoms with Crippen LogP contribution in [0.15, 0.2) is 0 Å². The Kier molecular flexibility index (Phi) is 36.0. The molecule has 0 saturated heterocycles. The molecule has 0 spiro atoms. The summed E-state index contributed by atoms with van der Waals surface area (Å²) in [5, 5.41) is 0. The summed E-state index contributed by atoms with van der Waals surface area (Å²) in [6.07, 6.45) is 35.6. The number of hydrogen-bond donors (Lipinski definition) is 0. The van der Waals surface area contributed by atoms with Crippen LogP contribution < -0.4 is 0 Å². The lowest BCUT2D eigenvalue weighted by Gasteiger charge is -2.18. The number of carbonyl (C=O) groups excluding carboxylic acids is 3. The van der Waals surface area contributed by atoms with Crippen LogP contribution in [-0.4, -0.2) is 37.2 Å². The molecule has 0 aliphatic heterocycles. The molecule has 6 heteroatoms. The normalized spacial score (nSPS) is 11.8. The Morgan fingerprint density at radius 3 is 0.851 bits per heavy atom. The first-order chi connectivity index (χ1) is 23.0. The maximum Gasteiger partial charge on any atom is 0.306 e. The van der Waals surface area contributed by atoms with E-state index in [1.165, 1.54) is 122 Å². The molecule has 0 heterocycles. The number of unbranched alkanes of at least 4 members (excludes halogenated alkanes) is 26. The van der Waals surface area contributed by atoms with Crippen molar-refractivity contribution in [3.63, 3.8) is 0 Å². The zero-order valence-corrected chi connectivity index (χ0v) is 31.6. The first kappa shape index (κ1) is 45.4. The fourth-order valence-electron chi connectivity index (χ4n) is 5.97. The van der Waals surface area contributed by atoms with Crippen LogP contribution in [0.2, 0.25) is 0 Å².